The Kier molecular flexibility index (Phi) is 4.39. The third kappa shape index (κ3) is 3.28. The van der Waals surface area contributed by atoms with E-state index in [9.17, 15) is 4.79 Å². The molecule has 5 heteroatoms. The zero-order valence-electron chi connectivity index (χ0n) is 12.5. The number of carbonyl (C=O) groups is 1. The molecule has 1 fully saturated rings. The molecule has 1 aliphatic heterocycles. The Labute approximate surface area is 135 Å². The number of carbonyl (C=O) groups excluding carboxylic acids is 1. The monoisotopic (exact) mass is 318 g/mol. The number of amides is 1. The van der Waals surface area contributed by atoms with Gasteiger partial charge in [-0.2, -0.15) is 0 Å². The van der Waals surface area contributed by atoms with Gasteiger partial charge in [0.25, 0.3) is 5.91 Å². The number of benzene rings is 1. The average Bonchev–Trinajstić information content (AvgIpc) is 3.05. The smallest absolute Gasteiger partial charge is 0.257 e. The van der Waals surface area contributed by atoms with Crippen LogP contribution in [-0.2, 0) is 0 Å². The lowest BCUT2D eigenvalue weighted by Crippen LogP contribution is -2.42. The molecule has 0 atom stereocenters. The van der Waals surface area contributed by atoms with Gasteiger partial charge in [0.15, 0.2) is 0 Å². The topological polar surface area (TPSA) is 45.5 Å². The summed E-state index contributed by atoms with van der Waals surface area (Å²) in [4.78, 5) is 14.1. The Morgan fingerprint density at radius 1 is 1.32 bits per heavy atom. The van der Waals surface area contributed by atoms with Crippen molar-refractivity contribution in [3.05, 3.63) is 52.9 Å². The summed E-state index contributed by atoms with van der Waals surface area (Å²) in [5.41, 5.74) is 2.74. The molecule has 22 heavy (non-hydrogen) atoms. The zero-order chi connectivity index (χ0) is 15.5. The highest BCUT2D eigenvalue weighted by atomic mass is 35.5. The molecule has 0 radical (unpaired) electrons. The molecule has 2 aromatic rings. The molecule has 4 nitrogen and oxygen atoms in total. The largest absolute Gasteiger partial charge is 0.472 e. The second-order valence-electron chi connectivity index (χ2n) is 5.69. The Hall–Kier alpha value is -1.94. The molecule has 1 saturated heterocycles. The standard InChI is InChI=1S/C17H19ClN2O2/c1-12-2-3-15(10-16(12)18)19-14-4-7-20(8-5-14)17(21)13-6-9-22-11-13/h2-3,6,9-11,14,19H,4-5,7-8H2,1H3. The van der Waals surface area contributed by atoms with Crippen LogP contribution in [0.5, 0.6) is 0 Å². The van der Waals surface area contributed by atoms with E-state index in [4.69, 9.17) is 16.0 Å². The van der Waals surface area contributed by atoms with Gasteiger partial charge in [-0.1, -0.05) is 17.7 Å². The fraction of sp³-hybridized carbons (Fsp3) is 0.353. The van der Waals surface area contributed by atoms with Crippen LogP contribution < -0.4 is 5.32 Å². The lowest BCUT2D eigenvalue weighted by Gasteiger charge is -2.32. The third-order valence-electron chi connectivity index (χ3n) is 4.09. The van der Waals surface area contributed by atoms with E-state index in [0.29, 0.717) is 11.6 Å². The Morgan fingerprint density at radius 2 is 2.09 bits per heavy atom. The number of piperidine rings is 1. The lowest BCUT2D eigenvalue weighted by molar-refractivity contribution is 0.0718. The SMILES string of the molecule is Cc1ccc(NC2CCN(C(=O)c3ccoc3)CC2)cc1Cl. The van der Waals surface area contributed by atoms with E-state index in [1.54, 1.807) is 6.07 Å². The van der Waals surface area contributed by atoms with Crippen LogP contribution in [0.3, 0.4) is 0 Å². The number of rotatable bonds is 3. The van der Waals surface area contributed by atoms with E-state index in [0.717, 1.165) is 42.2 Å². The normalized spacial score (nSPS) is 15.8. The van der Waals surface area contributed by atoms with E-state index >= 15 is 0 Å². The molecule has 1 aliphatic rings. The maximum Gasteiger partial charge on any atom is 0.257 e. The van der Waals surface area contributed by atoms with Crippen molar-refractivity contribution >= 4 is 23.2 Å². The van der Waals surface area contributed by atoms with Crippen LogP contribution in [0, 0.1) is 6.92 Å². The Balaban J connectivity index is 1.55. The summed E-state index contributed by atoms with van der Waals surface area (Å²) in [5.74, 6) is 0.0468. The molecule has 3 rings (SSSR count). The third-order valence-corrected chi connectivity index (χ3v) is 4.50. The summed E-state index contributed by atoms with van der Waals surface area (Å²) in [7, 11) is 0. The van der Waals surface area contributed by atoms with E-state index < -0.39 is 0 Å². The quantitative estimate of drug-likeness (QED) is 0.931. The van der Waals surface area contributed by atoms with E-state index in [2.05, 4.69) is 5.32 Å². The number of hydrogen-bond acceptors (Lipinski definition) is 3. The lowest BCUT2D eigenvalue weighted by atomic mass is 10.0. The molecule has 0 saturated carbocycles. The summed E-state index contributed by atoms with van der Waals surface area (Å²) in [5, 5.41) is 4.28. The molecule has 0 bridgehead atoms. The maximum absolute atomic E-state index is 12.2. The van der Waals surface area contributed by atoms with Crippen LogP contribution in [0.4, 0.5) is 5.69 Å². The number of furan rings is 1. The molecule has 1 N–H and O–H groups in total. The van der Waals surface area contributed by atoms with Gasteiger partial charge in [-0.15, -0.1) is 0 Å². The number of anilines is 1. The van der Waals surface area contributed by atoms with Crippen LogP contribution >= 0.6 is 11.6 Å². The molecular weight excluding hydrogens is 300 g/mol. The van der Waals surface area contributed by atoms with Crippen molar-refractivity contribution in [1.82, 2.24) is 4.90 Å². The summed E-state index contributed by atoms with van der Waals surface area (Å²) in [6.45, 7) is 3.49. The van der Waals surface area contributed by atoms with Gasteiger partial charge in [0, 0.05) is 29.8 Å². The van der Waals surface area contributed by atoms with Crippen LogP contribution in [0.15, 0.2) is 41.2 Å². The van der Waals surface area contributed by atoms with Crippen LogP contribution in [-0.4, -0.2) is 29.9 Å². The second-order valence-corrected chi connectivity index (χ2v) is 6.09. The molecule has 1 aromatic heterocycles. The van der Waals surface area contributed by atoms with E-state index in [-0.39, 0.29) is 5.91 Å². The van der Waals surface area contributed by atoms with Crippen molar-refractivity contribution in [2.24, 2.45) is 0 Å². The molecule has 116 valence electrons. The first-order chi connectivity index (χ1) is 10.6. The number of nitrogens with zero attached hydrogens (tertiary/aromatic N) is 1. The molecule has 1 amide bonds. The first-order valence-electron chi connectivity index (χ1n) is 7.47. The van der Waals surface area contributed by atoms with Gasteiger partial charge in [0.1, 0.15) is 6.26 Å². The highest BCUT2D eigenvalue weighted by Gasteiger charge is 2.24. The second kappa shape index (κ2) is 6.44. The number of hydrogen-bond donors (Lipinski definition) is 1. The number of likely N-dealkylation sites (tertiary alicyclic amines) is 1. The first-order valence-corrected chi connectivity index (χ1v) is 7.85. The van der Waals surface area contributed by atoms with Gasteiger partial charge in [-0.05, 0) is 43.5 Å². The highest BCUT2D eigenvalue weighted by molar-refractivity contribution is 6.31. The van der Waals surface area contributed by atoms with Crippen molar-refractivity contribution in [3.8, 4) is 0 Å². The van der Waals surface area contributed by atoms with E-state index in [1.807, 2.05) is 30.0 Å². The van der Waals surface area contributed by atoms with Gasteiger partial charge >= 0.3 is 0 Å². The van der Waals surface area contributed by atoms with Gasteiger partial charge in [0.05, 0.1) is 11.8 Å². The van der Waals surface area contributed by atoms with Crippen molar-refractivity contribution in [2.75, 3.05) is 18.4 Å². The summed E-state index contributed by atoms with van der Waals surface area (Å²) < 4.78 is 4.98. The van der Waals surface area contributed by atoms with Crippen LogP contribution in [0.1, 0.15) is 28.8 Å². The molecule has 1 aromatic carbocycles. The summed E-state index contributed by atoms with van der Waals surface area (Å²) >= 11 is 6.15. The molecule has 0 spiro atoms. The number of nitrogens with one attached hydrogen (secondary N) is 1. The van der Waals surface area contributed by atoms with Gasteiger partial charge in [-0.3, -0.25) is 4.79 Å². The minimum atomic E-state index is 0.0468. The predicted molar refractivity (Wildman–Crippen MR) is 87.4 cm³/mol. The first kappa shape index (κ1) is 15.0. The minimum Gasteiger partial charge on any atom is -0.472 e. The van der Waals surface area contributed by atoms with Gasteiger partial charge in [0.2, 0.25) is 0 Å². The van der Waals surface area contributed by atoms with Crippen molar-refractivity contribution in [1.29, 1.82) is 0 Å². The molecule has 0 unspecified atom stereocenters. The summed E-state index contributed by atoms with van der Waals surface area (Å²) in [6.07, 6.45) is 4.88. The van der Waals surface area contributed by atoms with Gasteiger partial charge < -0.3 is 14.6 Å². The van der Waals surface area contributed by atoms with Crippen molar-refractivity contribution in [2.45, 2.75) is 25.8 Å². The molecular formula is C17H19ClN2O2. The highest BCUT2D eigenvalue weighted by Crippen LogP contribution is 2.23. The Bertz CT molecular complexity index is 647. The zero-order valence-corrected chi connectivity index (χ0v) is 13.3. The average molecular weight is 319 g/mol. The van der Waals surface area contributed by atoms with Crippen molar-refractivity contribution < 1.29 is 9.21 Å². The number of aryl methyl sites for hydroxylation is 1. The minimum absolute atomic E-state index is 0.0468. The van der Waals surface area contributed by atoms with Gasteiger partial charge in [-0.25, -0.2) is 0 Å². The Morgan fingerprint density at radius 3 is 2.73 bits per heavy atom. The van der Waals surface area contributed by atoms with Crippen molar-refractivity contribution in [3.63, 3.8) is 0 Å². The fourth-order valence-electron chi connectivity index (χ4n) is 2.71. The number of halogens is 1. The summed E-state index contributed by atoms with van der Waals surface area (Å²) in [6, 6.07) is 8.10. The molecule has 0 aliphatic carbocycles. The van der Waals surface area contributed by atoms with Crippen LogP contribution in [0.2, 0.25) is 5.02 Å². The van der Waals surface area contributed by atoms with Crippen LogP contribution in [0.25, 0.3) is 0 Å². The molecule has 2 heterocycles. The van der Waals surface area contributed by atoms with E-state index in [1.165, 1.54) is 12.5 Å². The fourth-order valence-corrected chi connectivity index (χ4v) is 2.89. The predicted octanol–water partition coefficient (Wildman–Crippen LogP) is 3.96. The maximum atomic E-state index is 12.2.